The van der Waals surface area contributed by atoms with Gasteiger partial charge in [-0.1, -0.05) is 17.7 Å². The molecular formula is C17H24ClN3O2. The van der Waals surface area contributed by atoms with Crippen molar-refractivity contribution in [3.63, 3.8) is 0 Å². The average Bonchev–Trinajstić information content (AvgIpc) is 2.84. The normalized spacial score (nSPS) is 17.9. The van der Waals surface area contributed by atoms with E-state index in [4.69, 9.17) is 11.6 Å². The topological polar surface area (TPSA) is 52.7 Å². The van der Waals surface area contributed by atoms with E-state index in [-0.39, 0.29) is 24.2 Å². The molecule has 1 heterocycles. The maximum atomic E-state index is 12.3. The van der Waals surface area contributed by atoms with Gasteiger partial charge < -0.3 is 15.1 Å². The van der Waals surface area contributed by atoms with Crippen LogP contribution in [0.4, 0.5) is 5.69 Å². The molecule has 1 aliphatic rings. The Morgan fingerprint density at radius 3 is 2.83 bits per heavy atom. The molecular weight excluding hydrogens is 314 g/mol. The molecule has 1 N–H and O–H groups in total. The number of amides is 2. The van der Waals surface area contributed by atoms with Crippen molar-refractivity contribution < 1.29 is 9.59 Å². The molecule has 0 aliphatic carbocycles. The summed E-state index contributed by atoms with van der Waals surface area (Å²) in [6.07, 6.45) is 1.20. The molecule has 1 unspecified atom stereocenters. The summed E-state index contributed by atoms with van der Waals surface area (Å²) in [6.45, 7) is 4.05. The number of nitrogens with zero attached hydrogens (tertiary/aromatic N) is 2. The molecule has 2 rings (SSSR count). The third kappa shape index (κ3) is 4.94. The maximum absolute atomic E-state index is 12.3. The lowest BCUT2D eigenvalue weighted by Gasteiger charge is -2.18. The number of rotatable bonds is 6. The fourth-order valence-corrected chi connectivity index (χ4v) is 2.84. The Morgan fingerprint density at radius 2 is 2.17 bits per heavy atom. The molecule has 1 saturated heterocycles. The molecule has 0 bridgehead atoms. The maximum Gasteiger partial charge on any atom is 0.229 e. The van der Waals surface area contributed by atoms with Crippen molar-refractivity contribution in [2.24, 2.45) is 5.92 Å². The average molecular weight is 338 g/mol. The summed E-state index contributed by atoms with van der Waals surface area (Å²) in [4.78, 5) is 28.2. The molecule has 23 heavy (non-hydrogen) atoms. The van der Waals surface area contributed by atoms with Gasteiger partial charge in [0.05, 0.1) is 5.92 Å². The van der Waals surface area contributed by atoms with Crippen molar-refractivity contribution in [3.05, 3.63) is 28.8 Å². The number of hydrogen-bond donors (Lipinski definition) is 1. The summed E-state index contributed by atoms with van der Waals surface area (Å²) in [6, 6.07) is 5.43. The van der Waals surface area contributed by atoms with E-state index in [0.29, 0.717) is 23.8 Å². The first-order valence-corrected chi connectivity index (χ1v) is 8.24. The molecule has 1 fully saturated rings. The summed E-state index contributed by atoms with van der Waals surface area (Å²) < 4.78 is 0. The molecule has 5 nitrogen and oxygen atoms in total. The van der Waals surface area contributed by atoms with Gasteiger partial charge in [0, 0.05) is 30.2 Å². The zero-order valence-corrected chi connectivity index (χ0v) is 14.7. The molecule has 1 aliphatic heterocycles. The number of likely N-dealkylation sites (tertiary alicyclic amines) is 1. The number of hydrogen-bond acceptors (Lipinski definition) is 3. The SMILES string of the molecule is Cc1ccc(NC(=O)C2CC(=O)N(CCCN(C)C)C2)cc1Cl. The van der Waals surface area contributed by atoms with Crippen molar-refractivity contribution in [3.8, 4) is 0 Å². The van der Waals surface area contributed by atoms with Crippen LogP contribution in [0.25, 0.3) is 0 Å². The van der Waals surface area contributed by atoms with E-state index in [0.717, 1.165) is 18.5 Å². The van der Waals surface area contributed by atoms with Crippen molar-refractivity contribution in [2.45, 2.75) is 19.8 Å². The first-order valence-electron chi connectivity index (χ1n) is 7.86. The summed E-state index contributed by atoms with van der Waals surface area (Å²) in [5, 5.41) is 3.48. The van der Waals surface area contributed by atoms with Gasteiger partial charge in [0.15, 0.2) is 0 Å². The summed E-state index contributed by atoms with van der Waals surface area (Å²) >= 11 is 6.07. The van der Waals surface area contributed by atoms with Gasteiger partial charge >= 0.3 is 0 Å². The lowest BCUT2D eigenvalue weighted by molar-refractivity contribution is -0.128. The largest absolute Gasteiger partial charge is 0.342 e. The van der Waals surface area contributed by atoms with E-state index >= 15 is 0 Å². The van der Waals surface area contributed by atoms with E-state index in [1.54, 1.807) is 11.0 Å². The highest BCUT2D eigenvalue weighted by molar-refractivity contribution is 6.31. The molecule has 0 aromatic heterocycles. The number of carbonyl (C=O) groups excluding carboxylic acids is 2. The molecule has 1 atom stereocenters. The van der Waals surface area contributed by atoms with E-state index in [1.165, 1.54) is 0 Å². The number of anilines is 1. The van der Waals surface area contributed by atoms with E-state index in [1.807, 2.05) is 33.2 Å². The fraction of sp³-hybridized carbons (Fsp3) is 0.529. The second kappa shape index (κ2) is 7.79. The Balaban J connectivity index is 1.88. The van der Waals surface area contributed by atoms with Crippen molar-refractivity contribution in [1.29, 1.82) is 0 Å². The predicted molar refractivity (Wildman–Crippen MR) is 92.7 cm³/mol. The quantitative estimate of drug-likeness (QED) is 0.867. The molecule has 2 amide bonds. The van der Waals surface area contributed by atoms with Crippen molar-refractivity contribution >= 4 is 29.1 Å². The van der Waals surface area contributed by atoms with Gasteiger partial charge in [0.25, 0.3) is 0 Å². The van der Waals surface area contributed by atoms with Gasteiger partial charge in [-0.2, -0.15) is 0 Å². The minimum atomic E-state index is -0.290. The lowest BCUT2D eigenvalue weighted by Crippen LogP contribution is -2.30. The third-order valence-electron chi connectivity index (χ3n) is 4.06. The third-order valence-corrected chi connectivity index (χ3v) is 4.47. The van der Waals surface area contributed by atoms with Gasteiger partial charge in [0.2, 0.25) is 11.8 Å². The number of halogens is 1. The Morgan fingerprint density at radius 1 is 1.43 bits per heavy atom. The monoisotopic (exact) mass is 337 g/mol. The smallest absolute Gasteiger partial charge is 0.229 e. The number of carbonyl (C=O) groups is 2. The van der Waals surface area contributed by atoms with E-state index in [9.17, 15) is 9.59 Å². The zero-order valence-electron chi connectivity index (χ0n) is 13.9. The highest BCUT2D eigenvalue weighted by atomic mass is 35.5. The van der Waals surface area contributed by atoms with Crippen LogP contribution in [0.3, 0.4) is 0 Å². The molecule has 0 saturated carbocycles. The Hall–Kier alpha value is -1.59. The van der Waals surface area contributed by atoms with Crippen LogP contribution in [-0.4, -0.2) is 55.3 Å². The van der Waals surface area contributed by atoms with Gasteiger partial charge in [-0.25, -0.2) is 0 Å². The van der Waals surface area contributed by atoms with Crippen LogP contribution in [0.1, 0.15) is 18.4 Å². The molecule has 1 aromatic carbocycles. The first kappa shape index (κ1) is 17.8. The second-order valence-corrected chi connectivity index (χ2v) is 6.76. The predicted octanol–water partition coefficient (Wildman–Crippen LogP) is 2.39. The highest BCUT2D eigenvalue weighted by Gasteiger charge is 2.33. The van der Waals surface area contributed by atoms with Gasteiger partial charge in [-0.15, -0.1) is 0 Å². The number of aryl methyl sites for hydroxylation is 1. The van der Waals surface area contributed by atoms with E-state index < -0.39 is 0 Å². The summed E-state index contributed by atoms with van der Waals surface area (Å²) in [7, 11) is 4.02. The fourth-order valence-electron chi connectivity index (χ4n) is 2.66. The molecule has 1 aromatic rings. The van der Waals surface area contributed by atoms with Crippen LogP contribution in [0.2, 0.25) is 5.02 Å². The van der Waals surface area contributed by atoms with Gasteiger partial charge in [0.1, 0.15) is 0 Å². The molecule has 6 heteroatoms. The summed E-state index contributed by atoms with van der Waals surface area (Å²) in [5.74, 6) is -0.346. The molecule has 0 radical (unpaired) electrons. The Kier molecular flexibility index (Phi) is 6.02. The molecule has 126 valence electrons. The first-order chi connectivity index (χ1) is 10.9. The number of benzene rings is 1. The second-order valence-electron chi connectivity index (χ2n) is 6.35. The Labute approximate surface area is 142 Å². The minimum absolute atomic E-state index is 0.0610. The van der Waals surface area contributed by atoms with E-state index in [2.05, 4.69) is 10.2 Å². The van der Waals surface area contributed by atoms with Crippen molar-refractivity contribution in [2.75, 3.05) is 39.0 Å². The summed E-state index contributed by atoms with van der Waals surface area (Å²) in [5.41, 5.74) is 1.64. The van der Waals surface area contributed by atoms with Crippen LogP contribution in [-0.2, 0) is 9.59 Å². The van der Waals surface area contributed by atoms with Crippen LogP contribution >= 0.6 is 11.6 Å². The number of nitrogens with one attached hydrogen (secondary N) is 1. The standard InChI is InChI=1S/C17H24ClN3O2/c1-12-5-6-14(10-15(12)18)19-17(23)13-9-16(22)21(11-13)8-4-7-20(2)3/h5-6,10,13H,4,7-9,11H2,1-3H3,(H,19,23). The van der Waals surface area contributed by atoms with Crippen LogP contribution in [0.15, 0.2) is 18.2 Å². The van der Waals surface area contributed by atoms with Gasteiger partial charge in [-0.3, -0.25) is 9.59 Å². The lowest BCUT2D eigenvalue weighted by atomic mass is 10.1. The van der Waals surface area contributed by atoms with Crippen LogP contribution in [0.5, 0.6) is 0 Å². The minimum Gasteiger partial charge on any atom is -0.342 e. The Bertz CT molecular complexity index is 589. The van der Waals surface area contributed by atoms with Crippen LogP contribution in [0, 0.1) is 12.8 Å². The van der Waals surface area contributed by atoms with Gasteiger partial charge in [-0.05, 0) is 51.7 Å². The highest BCUT2D eigenvalue weighted by Crippen LogP contribution is 2.23. The van der Waals surface area contributed by atoms with Crippen LogP contribution < -0.4 is 5.32 Å². The zero-order chi connectivity index (χ0) is 17.0. The molecule has 0 spiro atoms. The van der Waals surface area contributed by atoms with Crippen molar-refractivity contribution in [1.82, 2.24) is 9.80 Å².